The fourth-order valence-electron chi connectivity index (χ4n) is 2.61. The van der Waals surface area contributed by atoms with Crippen molar-refractivity contribution in [2.75, 3.05) is 0 Å². The van der Waals surface area contributed by atoms with Crippen LogP contribution in [0.2, 0.25) is 0 Å². The Kier molecular flexibility index (Phi) is 3.47. The Morgan fingerprint density at radius 1 is 1.00 bits per heavy atom. The highest BCUT2D eigenvalue weighted by Crippen LogP contribution is 2.34. The van der Waals surface area contributed by atoms with Gasteiger partial charge in [0.2, 0.25) is 0 Å². The van der Waals surface area contributed by atoms with Gasteiger partial charge < -0.3 is 0 Å². The smallest absolute Gasteiger partial charge is 0.0941 e. The molecule has 1 aliphatic carbocycles. The highest BCUT2D eigenvalue weighted by atomic mass is 14.2. The summed E-state index contributed by atoms with van der Waals surface area (Å²) >= 11 is 0. The normalized spacial score (nSPS) is 25.6. The molecule has 1 aromatic carbocycles. The molecule has 0 unspecified atom stereocenters. The predicted molar refractivity (Wildman–Crippen MR) is 72.3 cm³/mol. The molecule has 0 aliphatic heterocycles. The van der Waals surface area contributed by atoms with E-state index in [0.717, 1.165) is 22.4 Å². The van der Waals surface area contributed by atoms with Gasteiger partial charge in [0.15, 0.2) is 0 Å². The van der Waals surface area contributed by atoms with Crippen LogP contribution in [0, 0.1) is 12.8 Å². The lowest BCUT2D eigenvalue weighted by Gasteiger charge is -2.27. The van der Waals surface area contributed by atoms with Gasteiger partial charge in [-0.1, -0.05) is 48.4 Å². The van der Waals surface area contributed by atoms with Gasteiger partial charge in [0.05, 0.1) is 0 Å². The monoisotopic (exact) mass is 208 g/mol. The van der Waals surface area contributed by atoms with Crippen LogP contribution < -0.4 is 10.9 Å². The van der Waals surface area contributed by atoms with Gasteiger partial charge in [-0.05, 0) is 37.2 Å². The summed E-state index contributed by atoms with van der Waals surface area (Å²) in [5, 5.41) is 0. The van der Waals surface area contributed by atoms with E-state index in [1.165, 1.54) is 31.2 Å². The van der Waals surface area contributed by atoms with Crippen molar-refractivity contribution in [1.82, 2.24) is 0 Å². The Morgan fingerprint density at radius 3 is 2.00 bits per heavy atom. The van der Waals surface area contributed by atoms with Crippen molar-refractivity contribution in [3.63, 3.8) is 0 Å². The minimum atomic E-state index is 0.668. The molecule has 80 valence electrons. The van der Waals surface area contributed by atoms with Crippen molar-refractivity contribution in [2.45, 2.75) is 45.4 Å². The number of hydrogen-bond acceptors (Lipinski definition) is 0. The molecule has 16 heavy (non-hydrogen) atoms. The van der Waals surface area contributed by atoms with Gasteiger partial charge in [0, 0.05) is 0 Å². The van der Waals surface area contributed by atoms with Gasteiger partial charge in [0.25, 0.3) is 0 Å². The fraction of sp³-hybridized carbons (Fsp3) is 0.571. The second-order valence-electron chi connectivity index (χ2n) is 5.28. The second-order valence-corrected chi connectivity index (χ2v) is 5.28. The molecule has 0 amide bonds. The van der Waals surface area contributed by atoms with Gasteiger partial charge in [0.1, 0.15) is 15.7 Å². The highest BCUT2D eigenvalue weighted by molar-refractivity contribution is 6.39. The Bertz CT molecular complexity index is 353. The molecule has 1 aliphatic rings. The molecule has 0 bridgehead atoms. The molecule has 0 N–H and O–H groups in total. The van der Waals surface area contributed by atoms with E-state index in [1.807, 2.05) is 6.92 Å². The summed E-state index contributed by atoms with van der Waals surface area (Å²) in [6, 6.07) is 4.23. The zero-order chi connectivity index (χ0) is 11.7. The summed E-state index contributed by atoms with van der Waals surface area (Å²) in [5.41, 5.74) is 4.04. The van der Waals surface area contributed by atoms with Crippen molar-refractivity contribution in [3.8, 4) is 0 Å². The largest absolute Gasteiger partial charge is 0.114 e. The Balaban J connectivity index is 2.21. The van der Waals surface area contributed by atoms with Crippen molar-refractivity contribution in [1.29, 1.82) is 0 Å². The standard InChI is InChI=1S/C14H18B2/c1-9-3-5-11(6-4-9)12-7-13(15)10(2)14(16)8-12/h7-9,11H,3-6H2,1-2H3. The van der Waals surface area contributed by atoms with E-state index in [4.69, 9.17) is 15.7 Å². The molecular weight excluding hydrogens is 190 g/mol. The average molecular weight is 208 g/mol. The maximum absolute atomic E-state index is 5.98. The summed E-state index contributed by atoms with van der Waals surface area (Å²) in [6.45, 7) is 4.32. The molecule has 0 atom stereocenters. The zero-order valence-corrected chi connectivity index (χ0v) is 10.3. The minimum Gasteiger partial charge on any atom is -0.0941 e. The van der Waals surface area contributed by atoms with E-state index in [-0.39, 0.29) is 0 Å². The maximum atomic E-state index is 5.98. The van der Waals surface area contributed by atoms with E-state index in [2.05, 4.69) is 19.1 Å². The maximum Gasteiger partial charge on any atom is 0.114 e. The van der Waals surface area contributed by atoms with Crippen LogP contribution in [-0.2, 0) is 0 Å². The third kappa shape index (κ3) is 2.36. The van der Waals surface area contributed by atoms with Crippen LogP contribution in [0.4, 0.5) is 0 Å². The highest BCUT2D eigenvalue weighted by Gasteiger charge is 2.20. The number of benzene rings is 1. The summed E-state index contributed by atoms with van der Waals surface area (Å²) in [4.78, 5) is 0. The first-order valence-electron chi connectivity index (χ1n) is 6.23. The lowest BCUT2D eigenvalue weighted by molar-refractivity contribution is 0.348. The van der Waals surface area contributed by atoms with Crippen molar-refractivity contribution >= 4 is 26.6 Å². The quantitative estimate of drug-likeness (QED) is 0.618. The van der Waals surface area contributed by atoms with Crippen LogP contribution in [0.15, 0.2) is 12.1 Å². The summed E-state index contributed by atoms with van der Waals surface area (Å²) in [7, 11) is 12.0. The Morgan fingerprint density at radius 2 is 1.50 bits per heavy atom. The van der Waals surface area contributed by atoms with E-state index in [0.29, 0.717) is 5.92 Å². The van der Waals surface area contributed by atoms with Crippen molar-refractivity contribution in [3.05, 3.63) is 23.3 Å². The summed E-state index contributed by atoms with van der Waals surface area (Å²) < 4.78 is 0. The first-order valence-corrected chi connectivity index (χ1v) is 6.23. The van der Waals surface area contributed by atoms with Crippen molar-refractivity contribution < 1.29 is 0 Å². The third-order valence-corrected chi connectivity index (χ3v) is 4.00. The molecule has 0 aromatic heterocycles. The number of hydrogen-bond donors (Lipinski definition) is 0. The van der Waals surface area contributed by atoms with E-state index >= 15 is 0 Å². The molecule has 1 fully saturated rings. The van der Waals surface area contributed by atoms with Crippen LogP contribution in [0.5, 0.6) is 0 Å². The molecule has 1 saturated carbocycles. The molecule has 4 radical (unpaired) electrons. The first kappa shape index (κ1) is 11.8. The molecule has 1 aromatic rings. The Labute approximate surface area is 102 Å². The average Bonchev–Trinajstić information content (AvgIpc) is 2.26. The molecule has 2 heteroatoms. The lowest BCUT2D eigenvalue weighted by atomic mass is 9.74. The first-order chi connectivity index (χ1) is 7.58. The SMILES string of the molecule is [B]c1cc(C2CCC(C)CC2)cc([B])c1C. The second kappa shape index (κ2) is 4.69. The molecule has 0 heterocycles. The van der Waals surface area contributed by atoms with Gasteiger partial charge in [-0.3, -0.25) is 0 Å². The fourth-order valence-corrected chi connectivity index (χ4v) is 2.61. The molecule has 0 nitrogen and oxygen atoms in total. The lowest BCUT2D eigenvalue weighted by Crippen LogP contribution is -2.23. The molecule has 0 spiro atoms. The molecular formula is C14H18B2. The van der Waals surface area contributed by atoms with Gasteiger partial charge in [-0.2, -0.15) is 0 Å². The summed E-state index contributed by atoms with van der Waals surface area (Å²) in [6.07, 6.45) is 5.23. The van der Waals surface area contributed by atoms with Gasteiger partial charge in [-0.15, -0.1) is 0 Å². The van der Waals surface area contributed by atoms with E-state index < -0.39 is 0 Å². The van der Waals surface area contributed by atoms with Crippen LogP contribution in [-0.4, -0.2) is 15.7 Å². The number of rotatable bonds is 1. The molecule has 2 rings (SSSR count). The van der Waals surface area contributed by atoms with Crippen LogP contribution in [0.25, 0.3) is 0 Å². The zero-order valence-electron chi connectivity index (χ0n) is 10.3. The third-order valence-electron chi connectivity index (χ3n) is 4.00. The van der Waals surface area contributed by atoms with Crippen LogP contribution >= 0.6 is 0 Å². The van der Waals surface area contributed by atoms with E-state index in [9.17, 15) is 0 Å². The van der Waals surface area contributed by atoms with Gasteiger partial charge >= 0.3 is 0 Å². The Hall–Kier alpha value is -0.650. The molecule has 0 saturated heterocycles. The van der Waals surface area contributed by atoms with Crippen LogP contribution in [0.3, 0.4) is 0 Å². The predicted octanol–water partition coefficient (Wildman–Crippen LogP) is 1.88. The summed E-state index contributed by atoms with van der Waals surface area (Å²) in [5.74, 6) is 1.55. The van der Waals surface area contributed by atoms with Gasteiger partial charge in [-0.25, -0.2) is 0 Å². The van der Waals surface area contributed by atoms with E-state index in [1.54, 1.807) is 0 Å². The van der Waals surface area contributed by atoms with Crippen LogP contribution in [0.1, 0.15) is 49.7 Å². The minimum absolute atomic E-state index is 0.668. The van der Waals surface area contributed by atoms with Crippen molar-refractivity contribution in [2.24, 2.45) is 5.92 Å². The topological polar surface area (TPSA) is 0 Å².